The molecular weight excluding hydrogens is 256 g/mol. The number of carbonyl (C=O) groups is 1. The third-order valence-electron chi connectivity index (χ3n) is 2.44. The van der Waals surface area contributed by atoms with Gasteiger partial charge in [0.15, 0.2) is 6.29 Å². The Kier molecular flexibility index (Phi) is 3.76. The highest BCUT2D eigenvalue weighted by Crippen LogP contribution is 2.26. The van der Waals surface area contributed by atoms with Crippen LogP contribution in [0.5, 0.6) is 0 Å². The van der Waals surface area contributed by atoms with Crippen LogP contribution in [0, 0.1) is 0 Å². The van der Waals surface area contributed by atoms with Gasteiger partial charge in [-0.3, -0.25) is 4.79 Å². The molecule has 0 unspecified atom stereocenters. The van der Waals surface area contributed by atoms with E-state index < -0.39 is 0 Å². The summed E-state index contributed by atoms with van der Waals surface area (Å²) in [6.45, 7) is 0.657. The Morgan fingerprint density at radius 2 is 2.35 bits per heavy atom. The molecule has 0 N–H and O–H groups in total. The molecule has 1 aromatic carbocycles. The second-order valence-corrected chi connectivity index (χ2v) is 4.75. The van der Waals surface area contributed by atoms with Gasteiger partial charge in [-0.05, 0) is 12.1 Å². The van der Waals surface area contributed by atoms with Crippen LogP contribution in [0.25, 0.3) is 0 Å². The molecule has 0 fully saturated rings. The maximum absolute atomic E-state index is 11.0. The molecule has 1 heterocycles. The van der Waals surface area contributed by atoms with Crippen LogP contribution in [-0.2, 0) is 6.54 Å². The van der Waals surface area contributed by atoms with Gasteiger partial charge in [-0.1, -0.05) is 17.7 Å². The fraction of sp³-hybridized carbons (Fsp3) is 0.167. The average Bonchev–Trinajstić information content (AvgIpc) is 2.81. The van der Waals surface area contributed by atoms with Gasteiger partial charge in [0.1, 0.15) is 0 Å². The fourth-order valence-corrected chi connectivity index (χ4v) is 2.38. The third kappa shape index (κ3) is 2.65. The maximum atomic E-state index is 11.0. The van der Waals surface area contributed by atoms with E-state index in [-0.39, 0.29) is 0 Å². The van der Waals surface area contributed by atoms with Crippen molar-refractivity contribution >= 4 is 34.9 Å². The Morgan fingerprint density at radius 1 is 1.53 bits per heavy atom. The minimum Gasteiger partial charge on any atom is -0.368 e. The number of anilines is 1. The molecule has 0 aliphatic rings. The van der Waals surface area contributed by atoms with Crippen molar-refractivity contribution in [1.82, 2.24) is 4.98 Å². The molecule has 0 bridgehead atoms. The summed E-state index contributed by atoms with van der Waals surface area (Å²) in [6.07, 6.45) is 0.787. The highest BCUT2D eigenvalue weighted by molar-refractivity contribution is 7.07. The van der Waals surface area contributed by atoms with Crippen molar-refractivity contribution in [2.75, 3.05) is 11.9 Å². The summed E-state index contributed by atoms with van der Waals surface area (Å²) in [5, 5.41) is 2.46. The van der Waals surface area contributed by atoms with Crippen LogP contribution >= 0.6 is 22.9 Å². The zero-order valence-corrected chi connectivity index (χ0v) is 10.8. The van der Waals surface area contributed by atoms with Crippen molar-refractivity contribution in [2.24, 2.45) is 0 Å². The number of halogens is 1. The number of benzene rings is 1. The lowest BCUT2D eigenvalue weighted by Crippen LogP contribution is -2.18. The van der Waals surface area contributed by atoms with Crippen LogP contribution in [0.1, 0.15) is 16.1 Å². The second-order valence-electron chi connectivity index (χ2n) is 3.63. The molecule has 88 valence electrons. The van der Waals surface area contributed by atoms with Crippen molar-refractivity contribution in [3.63, 3.8) is 0 Å². The minimum absolute atomic E-state index is 0.475. The topological polar surface area (TPSA) is 33.2 Å². The third-order valence-corrected chi connectivity index (χ3v) is 3.41. The molecule has 0 aliphatic heterocycles. The predicted octanol–water partition coefficient (Wildman–Crippen LogP) is 3.25. The molecule has 0 aliphatic carbocycles. The van der Waals surface area contributed by atoms with E-state index in [0.29, 0.717) is 17.1 Å². The van der Waals surface area contributed by atoms with E-state index in [4.69, 9.17) is 11.6 Å². The minimum atomic E-state index is 0.475. The number of carbonyl (C=O) groups excluding carboxylic acids is 1. The SMILES string of the molecule is CN(Cc1cscn1)c1cccc(Cl)c1C=O. The summed E-state index contributed by atoms with van der Waals surface area (Å²) >= 11 is 7.54. The van der Waals surface area contributed by atoms with Gasteiger partial charge in [0.05, 0.1) is 28.3 Å². The Hall–Kier alpha value is -1.39. The summed E-state index contributed by atoms with van der Waals surface area (Å²) in [4.78, 5) is 17.2. The number of hydrogen-bond acceptors (Lipinski definition) is 4. The van der Waals surface area contributed by atoms with E-state index in [0.717, 1.165) is 17.7 Å². The molecule has 3 nitrogen and oxygen atoms in total. The number of aldehydes is 1. The summed E-state index contributed by atoms with van der Waals surface area (Å²) in [5.41, 5.74) is 4.11. The standard InChI is InChI=1S/C12H11ClN2OS/c1-15(5-9-7-17-8-14-9)12-4-2-3-11(13)10(12)6-16/h2-4,6-8H,5H2,1H3. The number of rotatable bonds is 4. The van der Waals surface area contributed by atoms with Gasteiger partial charge >= 0.3 is 0 Å². The normalized spacial score (nSPS) is 10.2. The summed E-state index contributed by atoms with van der Waals surface area (Å²) in [7, 11) is 1.91. The molecule has 0 atom stereocenters. The van der Waals surface area contributed by atoms with Gasteiger partial charge in [-0.2, -0.15) is 0 Å². The van der Waals surface area contributed by atoms with E-state index in [2.05, 4.69) is 4.98 Å². The summed E-state index contributed by atoms with van der Waals surface area (Å²) < 4.78 is 0. The fourth-order valence-electron chi connectivity index (χ4n) is 1.62. The van der Waals surface area contributed by atoms with Crippen LogP contribution < -0.4 is 4.90 Å². The highest BCUT2D eigenvalue weighted by Gasteiger charge is 2.11. The quantitative estimate of drug-likeness (QED) is 0.797. The largest absolute Gasteiger partial charge is 0.368 e. The zero-order valence-electron chi connectivity index (χ0n) is 9.26. The molecule has 2 aromatic rings. The van der Waals surface area contributed by atoms with E-state index in [1.54, 1.807) is 22.9 Å². The number of hydrogen-bond donors (Lipinski definition) is 0. The zero-order chi connectivity index (χ0) is 12.3. The van der Waals surface area contributed by atoms with Gasteiger partial charge in [0.2, 0.25) is 0 Å². The first kappa shape index (κ1) is 12.1. The van der Waals surface area contributed by atoms with Crippen molar-refractivity contribution in [1.29, 1.82) is 0 Å². The summed E-state index contributed by atoms with van der Waals surface area (Å²) in [6, 6.07) is 5.43. The van der Waals surface area contributed by atoms with Gasteiger partial charge < -0.3 is 4.90 Å². The van der Waals surface area contributed by atoms with Crippen LogP contribution in [0.4, 0.5) is 5.69 Å². The van der Waals surface area contributed by atoms with Gasteiger partial charge in [0.25, 0.3) is 0 Å². The first-order chi connectivity index (χ1) is 8.22. The van der Waals surface area contributed by atoms with E-state index in [9.17, 15) is 4.79 Å². The molecule has 5 heteroatoms. The molecular formula is C12H11ClN2OS. The van der Waals surface area contributed by atoms with E-state index >= 15 is 0 Å². The Labute approximate surface area is 109 Å². The Bertz CT molecular complexity index is 513. The van der Waals surface area contributed by atoms with Crippen LogP contribution in [0.15, 0.2) is 29.1 Å². The molecule has 0 radical (unpaired) electrons. The molecule has 2 rings (SSSR count). The number of thiazole rings is 1. The second kappa shape index (κ2) is 5.29. The number of aromatic nitrogens is 1. The molecule has 0 spiro atoms. The smallest absolute Gasteiger partial charge is 0.153 e. The van der Waals surface area contributed by atoms with Gasteiger partial charge in [-0.15, -0.1) is 11.3 Å². The number of nitrogens with zero attached hydrogens (tertiary/aromatic N) is 2. The molecule has 0 amide bonds. The first-order valence-electron chi connectivity index (χ1n) is 5.04. The van der Waals surface area contributed by atoms with E-state index in [1.807, 2.05) is 29.5 Å². The van der Waals surface area contributed by atoms with Crippen molar-refractivity contribution in [3.8, 4) is 0 Å². The first-order valence-corrected chi connectivity index (χ1v) is 6.36. The van der Waals surface area contributed by atoms with Crippen LogP contribution in [-0.4, -0.2) is 18.3 Å². The lowest BCUT2D eigenvalue weighted by Gasteiger charge is -2.20. The van der Waals surface area contributed by atoms with Crippen LogP contribution in [0.2, 0.25) is 5.02 Å². The lowest BCUT2D eigenvalue weighted by molar-refractivity contribution is 0.112. The highest BCUT2D eigenvalue weighted by atomic mass is 35.5. The summed E-state index contributed by atoms with van der Waals surface area (Å²) in [5.74, 6) is 0. The van der Waals surface area contributed by atoms with Crippen molar-refractivity contribution in [3.05, 3.63) is 45.4 Å². The Balaban J connectivity index is 2.27. The molecule has 17 heavy (non-hydrogen) atoms. The predicted molar refractivity (Wildman–Crippen MR) is 71.1 cm³/mol. The van der Waals surface area contributed by atoms with Crippen molar-refractivity contribution in [2.45, 2.75) is 6.54 Å². The van der Waals surface area contributed by atoms with Gasteiger partial charge in [-0.25, -0.2) is 4.98 Å². The van der Waals surface area contributed by atoms with E-state index in [1.165, 1.54) is 0 Å². The monoisotopic (exact) mass is 266 g/mol. The average molecular weight is 267 g/mol. The van der Waals surface area contributed by atoms with Crippen LogP contribution in [0.3, 0.4) is 0 Å². The molecule has 0 saturated heterocycles. The van der Waals surface area contributed by atoms with Crippen molar-refractivity contribution < 1.29 is 4.79 Å². The molecule has 1 aromatic heterocycles. The van der Waals surface area contributed by atoms with Gasteiger partial charge in [0, 0.05) is 18.1 Å². The molecule has 0 saturated carbocycles. The lowest BCUT2D eigenvalue weighted by atomic mass is 10.2. The Morgan fingerprint density at radius 3 is 3.00 bits per heavy atom. The maximum Gasteiger partial charge on any atom is 0.153 e.